The predicted octanol–water partition coefficient (Wildman–Crippen LogP) is 16.4. The standard InChI is InChI=1S/C61H42N4/c62-41-42-25-30-48(31-26-42)64(51-35-37-61-57(40-51)56-22-10-11-23-59(56)65(61)47-17-2-1-3-18-47)60-38-36-52(54-20-8-9-21-55(54)60)45-28-32-49(33-29-45)63(50-34-27-43-13-4-5-15-46(43)39-50)58-24-12-16-44-14-6-7-19-53(44)58/h1-40,56,59H. The molecule has 1 aliphatic carbocycles. The average Bonchev–Trinajstić information content (AvgIpc) is 3.71. The summed E-state index contributed by atoms with van der Waals surface area (Å²) in [6, 6.07) is 80.8. The first kappa shape index (κ1) is 38.1. The van der Waals surface area contributed by atoms with Crippen LogP contribution in [0.15, 0.2) is 243 Å². The van der Waals surface area contributed by atoms with E-state index in [2.05, 4.69) is 251 Å². The molecule has 1 heterocycles. The number of allylic oxidation sites excluding steroid dienone is 2. The van der Waals surface area contributed by atoms with E-state index < -0.39 is 0 Å². The fourth-order valence-electron chi connectivity index (χ4n) is 10.1. The number of nitriles is 1. The minimum atomic E-state index is 0.189. The molecule has 0 spiro atoms. The van der Waals surface area contributed by atoms with Gasteiger partial charge in [0.15, 0.2) is 0 Å². The third kappa shape index (κ3) is 6.61. The monoisotopic (exact) mass is 830 g/mol. The zero-order chi connectivity index (χ0) is 43.3. The van der Waals surface area contributed by atoms with Crippen LogP contribution in [0.2, 0.25) is 0 Å². The van der Waals surface area contributed by atoms with E-state index in [9.17, 15) is 5.26 Å². The minimum Gasteiger partial charge on any atom is -0.333 e. The molecule has 12 rings (SSSR count). The summed E-state index contributed by atoms with van der Waals surface area (Å²) in [6.45, 7) is 0. The highest BCUT2D eigenvalue weighted by atomic mass is 15.2. The zero-order valence-corrected chi connectivity index (χ0v) is 35.5. The van der Waals surface area contributed by atoms with Gasteiger partial charge in [0.05, 0.1) is 29.0 Å². The molecule has 0 radical (unpaired) electrons. The van der Waals surface area contributed by atoms with Gasteiger partial charge < -0.3 is 14.7 Å². The van der Waals surface area contributed by atoms with Crippen LogP contribution in [0.25, 0.3) is 43.4 Å². The Kier molecular flexibility index (Phi) is 9.32. The Morgan fingerprint density at radius 3 is 1.82 bits per heavy atom. The van der Waals surface area contributed by atoms with Crippen molar-refractivity contribution in [1.82, 2.24) is 0 Å². The number of para-hydroxylation sites is 1. The molecular weight excluding hydrogens is 789 g/mol. The molecule has 1 aliphatic heterocycles. The number of rotatable bonds is 8. The molecule has 0 fully saturated rings. The fourth-order valence-corrected chi connectivity index (χ4v) is 10.1. The lowest BCUT2D eigenvalue weighted by Gasteiger charge is -2.29. The van der Waals surface area contributed by atoms with E-state index in [4.69, 9.17) is 0 Å². The van der Waals surface area contributed by atoms with E-state index in [0.29, 0.717) is 5.56 Å². The second-order valence-corrected chi connectivity index (χ2v) is 16.8. The van der Waals surface area contributed by atoms with Crippen molar-refractivity contribution in [1.29, 1.82) is 5.26 Å². The molecule has 10 aromatic rings. The Labute approximate surface area is 379 Å². The lowest BCUT2D eigenvalue weighted by atomic mass is 9.91. The van der Waals surface area contributed by atoms with Gasteiger partial charge in [0.2, 0.25) is 0 Å². The highest BCUT2D eigenvalue weighted by Crippen LogP contribution is 2.51. The lowest BCUT2D eigenvalue weighted by molar-refractivity contribution is 0.745. The van der Waals surface area contributed by atoms with E-state index >= 15 is 0 Å². The molecule has 65 heavy (non-hydrogen) atoms. The van der Waals surface area contributed by atoms with Gasteiger partial charge in [-0.1, -0.05) is 152 Å². The van der Waals surface area contributed by atoms with Crippen molar-refractivity contribution >= 4 is 77.8 Å². The van der Waals surface area contributed by atoms with Crippen molar-refractivity contribution in [2.45, 2.75) is 12.0 Å². The van der Waals surface area contributed by atoms with Gasteiger partial charge in [-0.3, -0.25) is 0 Å². The molecule has 306 valence electrons. The van der Waals surface area contributed by atoms with Crippen LogP contribution in [0.3, 0.4) is 0 Å². The van der Waals surface area contributed by atoms with Crippen LogP contribution in [0.1, 0.15) is 17.0 Å². The second kappa shape index (κ2) is 15.9. The maximum Gasteiger partial charge on any atom is 0.0991 e. The summed E-state index contributed by atoms with van der Waals surface area (Å²) in [5.74, 6) is 0.206. The lowest BCUT2D eigenvalue weighted by Crippen LogP contribution is -2.28. The molecule has 0 aromatic heterocycles. The van der Waals surface area contributed by atoms with Crippen LogP contribution >= 0.6 is 0 Å². The van der Waals surface area contributed by atoms with Crippen LogP contribution < -0.4 is 14.7 Å². The Hall–Kier alpha value is -8.65. The first-order valence-electron chi connectivity index (χ1n) is 22.2. The first-order chi connectivity index (χ1) is 32.2. The van der Waals surface area contributed by atoms with Crippen molar-refractivity contribution in [2.75, 3.05) is 14.7 Å². The van der Waals surface area contributed by atoms with Gasteiger partial charge in [-0.25, -0.2) is 0 Å². The number of fused-ring (bicyclic) bond motifs is 6. The molecule has 4 heteroatoms. The smallest absolute Gasteiger partial charge is 0.0991 e. The van der Waals surface area contributed by atoms with E-state index in [1.165, 1.54) is 38.5 Å². The van der Waals surface area contributed by atoms with Crippen molar-refractivity contribution in [3.63, 3.8) is 0 Å². The van der Waals surface area contributed by atoms with Gasteiger partial charge >= 0.3 is 0 Å². The Morgan fingerprint density at radius 2 is 1.03 bits per heavy atom. The van der Waals surface area contributed by atoms with E-state index in [1.807, 2.05) is 12.1 Å². The largest absolute Gasteiger partial charge is 0.333 e. The van der Waals surface area contributed by atoms with Crippen LogP contribution in [-0.2, 0) is 0 Å². The summed E-state index contributed by atoms with van der Waals surface area (Å²) in [6.07, 6.45) is 8.99. The molecule has 0 N–H and O–H groups in total. The summed E-state index contributed by atoms with van der Waals surface area (Å²) in [7, 11) is 0. The fraction of sp³-hybridized carbons (Fsp3) is 0.0328. The SMILES string of the molecule is N#Cc1ccc(N(c2ccc3c(c2)C2C=CC=CC2N3c2ccccc2)c2ccc(-c3ccc(N(c4ccc5ccccc5c4)c4cccc5ccccc45)cc3)c3ccccc23)cc1. The van der Waals surface area contributed by atoms with E-state index in [0.717, 1.165) is 56.0 Å². The van der Waals surface area contributed by atoms with E-state index in [1.54, 1.807) is 0 Å². The van der Waals surface area contributed by atoms with Gasteiger partial charge in [0.25, 0.3) is 0 Å². The van der Waals surface area contributed by atoms with Crippen molar-refractivity contribution in [3.05, 3.63) is 254 Å². The average molecular weight is 831 g/mol. The normalized spacial score (nSPS) is 14.9. The van der Waals surface area contributed by atoms with Crippen LogP contribution in [0.5, 0.6) is 0 Å². The maximum atomic E-state index is 9.78. The highest BCUT2D eigenvalue weighted by Gasteiger charge is 2.38. The third-order valence-electron chi connectivity index (χ3n) is 13.2. The van der Waals surface area contributed by atoms with E-state index in [-0.39, 0.29) is 12.0 Å². The molecular formula is C61H42N4. The topological polar surface area (TPSA) is 33.5 Å². The Balaban J connectivity index is 0.972. The Morgan fingerprint density at radius 1 is 0.431 bits per heavy atom. The summed E-state index contributed by atoms with van der Waals surface area (Å²) >= 11 is 0. The third-order valence-corrected chi connectivity index (χ3v) is 13.2. The van der Waals surface area contributed by atoms with Gasteiger partial charge in [-0.2, -0.15) is 5.26 Å². The minimum absolute atomic E-state index is 0.189. The Bertz CT molecular complexity index is 3520. The zero-order valence-electron chi connectivity index (χ0n) is 35.5. The van der Waals surface area contributed by atoms with Crippen molar-refractivity contribution in [2.24, 2.45) is 0 Å². The molecule has 2 unspecified atom stereocenters. The van der Waals surface area contributed by atoms with Gasteiger partial charge in [0.1, 0.15) is 0 Å². The summed E-state index contributed by atoms with van der Waals surface area (Å²) in [5.41, 5.74) is 13.1. The molecule has 2 aliphatic rings. The molecule has 0 saturated heterocycles. The summed E-state index contributed by atoms with van der Waals surface area (Å²) in [5, 5.41) is 16.9. The number of hydrogen-bond acceptors (Lipinski definition) is 4. The number of anilines is 8. The summed E-state index contributed by atoms with van der Waals surface area (Å²) in [4.78, 5) is 7.20. The first-order valence-corrected chi connectivity index (χ1v) is 22.2. The molecule has 10 aromatic carbocycles. The van der Waals surface area contributed by atoms with Crippen LogP contribution in [0.4, 0.5) is 45.5 Å². The van der Waals surface area contributed by atoms with Gasteiger partial charge in [-0.05, 0) is 129 Å². The molecule has 0 bridgehead atoms. The molecule has 4 nitrogen and oxygen atoms in total. The van der Waals surface area contributed by atoms with Crippen LogP contribution in [-0.4, -0.2) is 6.04 Å². The number of nitrogens with zero attached hydrogens (tertiary/aromatic N) is 4. The number of hydrogen-bond donors (Lipinski definition) is 0. The van der Waals surface area contributed by atoms with Crippen LogP contribution in [0, 0.1) is 11.3 Å². The molecule has 2 atom stereocenters. The van der Waals surface area contributed by atoms with Gasteiger partial charge in [0, 0.05) is 50.8 Å². The van der Waals surface area contributed by atoms with Crippen molar-refractivity contribution < 1.29 is 0 Å². The maximum absolute atomic E-state index is 9.78. The van der Waals surface area contributed by atoms with Gasteiger partial charge in [-0.15, -0.1) is 0 Å². The predicted molar refractivity (Wildman–Crippen MR) is 272 cm³/mol. The summed E-state index contributed by atoms with van der Waals surface area (Å²) < 4.78 is 0. The molecule has 0 saturated carbocycles. The quantitative estimate of drug-likeness (QED) is 0.153. The molecule has 0 amide bonds. The number of benzene rings is 10. The second-order valence-electron chi connectivity index (χ2n) is 16.8. The highest BCUT2D eigenvalue weighted by molar-refractivity contribution is 6.07. The van der Waals surface area contributed by atoms with Crippen molar-refractivity contribution in [3.8, 4) is 17.2 Å².